The molecule has 2 aromatic carbocycles. The van der Waals surface area contributed by atoms with Gasteiger partial charge < -0.3 is 19.7 Å². The van der Waals surface area contributed by atoms with E-state index in [0.717, 1.165) is 57.3 Å². The first-order chi connectivity index (χ1) is 16.9. The summed E-state index contributed by atoms with van der Waals surface area (Å²) < 4.78 is 10.9. The van der Waals surface area contributed by atoms with Gasteiger partial charge in [-0.25, -0.2) is 0 Å². The third-order valence-electron chi connectivity index (χ3n) is 6.19. The van der Waals surface area contributed by atoms with Crippen molar-refractivity contribution in [2.24, 2.45) is 0 Å². The number of carbonyl (C=O) groups excluding carboxylic acids is 3. The molecule has 1 heterocycles. The highest BCUT2D eigenvalue weighted by atomic mass is 16.6. The molecule has 1 fully saturated rings. The van der Waals surface area contributed by atoms with Gasteiger partial charge in [-0.05, 0) is 75.4 Å². The lowest BCUT2D eigenvalue weighted by Crippen LogP contribution is -2.34. The first-order valence-corrected chi connectivity index (χ1v) is 12.5. The van der Waals surface area contributed by atoms with Gasteiger partial charge in [-0.15, -0.1) is 0 Å². The average molecular weight is 481 g/mol. The van der Waals surface area contributed by atoms with Crippen LogP contribution in [0.5, 0.6) is 11.5 Å². The summed E-state index contributed by atoms with van der Waals surface area (Å²) in [7, 11) is 0. The molecule has 1 aliphatic rings. The Labute approximate surface area is 207 Å². The minimum absolute atomic E-state index is 0.0576. The van der Waals surface area contributed by atoms with E-state index in [1.807, 2.05) is 13.0 Å². The Balaban J connectivity index is 1.77. The van der Waals surface area contributed by atoms with Gasteiger partial charge in [-0.1, -0.05) is 37.3 Å². The monoisotopic (exact) mass is 480 g/mol. The topological polar surface area (TPSA) is 84.9 Å². The third kappa shape index (κ3) is 7.92. The SMILES string of the molecule is CCCC(=O)Nc1ccc(OC(C)=O)c(OC(C)=O)c1C1CCN(CCCc2ccccc2)CC1. The molecule has 1 aliphatic heterocycles. The largest absolute Gasteiger partial charge is 0.423 e. The smallest absolute Gasteiger partial charge is 0.308 e. The molecule has 1 amide bonds. The highest BCUT2D eigenvalue weighted by molar-refractivity contribution is 5.92. The number of esters is 2. The van der Waals surface area contributed by atoms with Gasteiger partial charge in [0.1, 0.15) is 0 Å². The van der Waals surface area contributed by atoms with E-state index < -0.39 is 11.9 Å². The van der Waals surface area contributed by atoms with Gasteiger partial charge in [0.25, 0.3) is 0 Å². The Morgan fingerprint density at radius 2 is 1.66 bits per heavy atom. The number of likely N-dealkylation sites (tertiary alicyclic amines) is 1. The molecule has 0 radical (unpaired) electrons. The Morgan fingerprint density at radius 1 is 0.971 bits per heavy atom. The molecule has 0 unspecified atom stereocenters. The van der Waals surface area contributed by atoms with Gasteiger partial charge in [0.05, 0.1) is 0 Å². The first kappa shape index (κ1) is 26.4. The summed E-state index contributed by atoms with van der Waals surface area (Å²) >= 11 is 0. The maximum Gasteiger partial charge on any atom is 0.308 e. The minimum Gasteiger partial charge on any atom is -0.423 e. The Morgan fingerprint density at radius 3 is 2.29 bits per heavy atom. The van der Waals surface area contributed by atoms with Crippen molar-refractivity contribution >= 4 is 23.5 Å². The van der Waals surface area contributed by atoms with Crippen molar-refractivity contribution in [3.8, 4) is 11.5 Å². The van der Waals surface area contributed by atoms with E-state index >= 15 is 0 Å². The van der Waals surface area contributed by atoms with Gasteiger partial charge in [-0.2, -0.15) is 0 Å². The number of benzene rings is 2. The zero-order valence-corrected chi connectivity index (χ0v) is 21.0. The van der Waals surface area contributed by atoms with E-state index in [2.05, 4.69) is 34.5 Å². The van der Waals surface area contributed by atoms with Crippen LogP contribution in [0.25, 0.3) is 0 Å². The molecule has 0 saturated carbocycles. The molecule has 7 heteroatoms. The first-order valence-electron chi connectivity index (χ1n) is 12.5. The number of ether oxygens (including phenoxy) is 2. The van der Waals surface area contributed by atoms with E-state index in [-0.39, 0.29) is 23.3 Å². The highest BCUT2D eigenvalue weighted by Crippen LogP contribution is 2.45. The Hall–Kier alpha value is -3.19. The molecule has 35 heavy (non-hydrogen) atoms. The number of hydrogen-bond donors (Lipinski definition) is 1. The maximum absolute atomic E-state index is 12.4. The molecule has 7 nitrogen and oxygen atoms in total. The second-order valence-corrected chi connectivity index (χ2v) is 9.04. The van der Waals surface area contributed by atoms with Crippen LogP contribution < -0.4 is 14.8 Å². The van der Waals surface area contributed by atoms with Crippen LogP contribution in [0, 0.1) is 0 Å². The number of nitrogens with one attached hydrogen (secondary N) is 1. The molecule has 3 rings (SSSR count). The maximum atomic E-state index is 12.4. The molecule has 1 saturated heterocycles. The van der Waals surface area contributed by atoms with Gasteiger partial charge in [0.2, 0.25) is 5.91 Å². The van der Waals surface area contributed by atoms with Crippen molar-refractivity contribution in [3.63, 3.8) is 0 Å². The summed E-state index contributed by atoms with van der Waals surface area (Å²) in [5.41, 5.74) is 2.69. The molecule has 0 aliphatic carbocycles. The van der Waals surface area contributed by atoms with Gasteiger partial charge >= 0.3 is 11.9 Å². The van der Waals surface area contributed by atoms with Crippen molar-refractivity contribution in [2.75, 3.05) is 25.0 Å². The van der Waals surface area contributed by atoms with Crippen molar-refractivity contribution in [3.05, 3.63) is 53.6 Å². The van der Waals surface area contributed by atoms with Crippen LogP contribution in [0.15, 0.2) is 42.5 Å². The summed E-state index contributed by atoms with van der Waals surface area (Å²) in [6.07, 6.45) is 4.96. The predicted octanol–water partition coefficient (Wildman–Crippen LogP) is 5.09. The Bertz CT molecular complexity index is 1010. The quantitative estimate of drug-likeness (QED) is 0.377. The van der Waals surface area contributed by atoms with E-state index in [1.54, 1.807) is 12.1 Å². The summed E-state index contributed by atoms with van der Waals surface area (Å²) in [6, 6.07) is 13.8. The lowest BCUT2D eigenvalue weighted by atomic mass is 9.87. The number of nitrogens with zero attached hydrogens (tertiary/aromatic N) is 1. The van der Waals surface area contributed by atoms with Crippen LogP contribution >= 0.6 is 0 Å². The summed E-state index contributed by atoms with van der Waals surface area (Å²) in [4.78, 5) is 38.5. The van der Waals surface area contributed by atoms with E-state index in [0.29, 0.717) is 12.1 Å². The lowest BCUT2D eigenvalue weighted by molar-refractivity contribution is -0.134. The number of rotatable bonds is 10. The zero-order chi connectivity index (χ0) is 25.2. The van der Waals surface area contributed by atoms with Gasteiger partial charge in [0, 0.05) is 31.5 Å². The second-order valence-electron chi connectivity index (χ2n) is 9.04. The molecular formula is C28H36N2O5. The fourth-order valence-electron chi connectivity index (χ4n) is 4.61. The van der Waals surface area contributed by atoms with Gasteiger partial charge in [-0.3, -0.25) is 14.4 Å². The van der Waals surface area contributed by atoms with Crippen LogP contribution in [-0.4, -0.2) is 42.4 Å². The van der Waals surface area contributed by atoms with Crippen LogP contribution in [0.3, 0.4) is 0 Å². The fourth-order valence-corrected chi connectivity index (χ4v) is 4.61. The molecule has 2 aromatic rings. The molecule has 0 atom stereocenters. The summed E-state index contributed by atoms with van der Waals surface area (Å²) in [5.74, 6) is -0.621. The average Bonchev–Trinajstić information content (AvgIpc) is 2.82. The number of carbonyl (C=O) groups is 3. The summed E-state index contributed by atoms with van der Waals surface area (Å²) in [5, 5.41) is 2.98. The van der Waals surface area contributed by atoms with Crippen LogP contribution in [-0.2, 0) is 20.8 Å². The molecular weight excluding hydrogens is 444 g/mol. The van der Waals surface area contributed by atoms with Crippen LogP contribution in [0.1, 0.15) is 69.9 Å². The molecule has 188 valence electrons. The molecule has 0 bridgehead atoms. The predicted molar refractivity (Wildman–Crippen MR) is 136 cm³/mol. The second kappa shape index (κ2) is 13.0. The van der Waals surface area contributed by atoms with Crippen molar-refractivity contribution in [2.45, 2.75) is 65.2 Å². The molecule has 0 aromatic heterocycles. The van der Waals surface area contributed by atoms with Crippen LogP contribution in [0.2, 0.25) is 0 Å². The van der Waals surface area contributed by atoms with Crippen LogP contribution in [0.4, 0.5) is 5.69 Å². The van der Waals surface area contributed by atoms with Crippen molar-refractivity contribution in [1.29, 1.82) is 0 Å². The summed E-state index contributed by atoms with van der Waals surface area (Å²) in [6.45, 7) is 7.40. The van der Waals surface area contributed by atoms with Gasteiger partial charge in [0.15, 0.2) is 11.5 Å². The Kier molecular flexibility index (Phi) is 9.85. The normalized spacial score (nSPS) is 14.4. The highest BCUT2D eigenvalue weighted by Gasteiger charge is 2.29. The fraction of sp³-hybridized carbons (Fsp3) is 0.464. The number of hydrogen-bond acceptors (Lipinski definition) is 6. The van der Waals surface area contributed by atoms with Crippen molar-refractivity contribution < 1.29 is 23.9 Å². The van der Waals surface area contributed by atoms with E-state index in [4.69, 9.17) is 9.47 Å². The standard InChI is InChI=1S/C28H36N2O5/c1-4-9-26(33)29-24-13-14-25(34-20(2)31)28(35-21(3)32)27(24)23-15-18-30(19-16-23)17-8-12-22-10-6-5-7-11-22/h5-7,10-11,13-14,23H,4,8-9,12,15-19H2,1-3H3,(H,29,33). The van der Waals surface area contributed by atoms with Crippen molar-refractivity contribution in [1.82, 2.24) is 4.90 Å². The molecule has 1 N–H and O–H groups in total. The minimum atomic E-state index is -0.505. The number of piperidine rings is 1. The third-order valence-corrected chi connectivity index (χ3v) is 6.19. The zero-order valence-electron chi connectivity index (χ0n) is 21.0. The lowest BCUT2D eigenvalue weighted by Gasteiger charge is -2.34. The number of anilines is 1. The number of aryl methyl sites for hydroxylation is 1. The number of amides is 1. The van der Waals surface area contributed by atoms with E-state index in [9.17, 15) is 14.4 Å². The molecule has 0 spiro atoms. The van der Waals surface area contributed by atoms with E-state index in [1.165, 1.54) is 19.4 Å².